The molecule has 3 N–H and O–H groups in total. The highest BCUT2D eigenvalue weighted by molar-refractivity contribution is 7.93. The Bertz CT molecular complexity index is 1620. The van der Waals surface area contributed by atoms with Crippen molar-refractivity contribution in [3.63, 3.8) is 0 Å². The van der Waals surface area contributed by atoms with Gasteiger partial charge in [-0.05, 0) is 61.6 Å². The summed E-state index contributed by atoms with van der Waals surface area (Å²) in [7, 11) is -3.72. The van der Waals surface area contributed by atoms with E-state index in [1.165, 1.54) is 23.5 Å². The molecule has 0 spiro atoms. The van der Waals surface area contributed by atoms with Gasteiger partial charge in [0.2, 0.25) is 0 Å². The van der Waals surface area contributed by atoms with E-state index in [0.29, 0.717) is 15.9 Å². The molecular weight excluding hydrogens is 486 g/mol. The molecule has 0 unspecified atom stereocenters. The van der Waals surface area contributed by atoms with Crippen LogP contribution >= 0.6 is 23.6 Å². The third kappa shape index (κ3) is 4.56. The van der Waals surface area contributed by atoms with Crippen LogP contribution in [-0.2, 0) is 10.0 Å². The summed E-state index contributed by atoms with van der Waals surface area (Å²) in [5.41, 5.74) is 4.39. The minimum atomic E-state index is -3.72. The molecule has 0 aliphatic rings. The van der Waals surface area contributed by atoms with E-state index in [1.807, 2.05) is 43.3 Å². The van der Waals surface area contributed by atoms with Gasteiger partial charge in [-0.25, -0.2) is 18.4 Å². The van der Waals surface area contributed by atoms with Crippen LogP contribution in [0.1, 0.15) is 5.56 Å². The lowest BCUT2D eigenvalue weighted by atomic mass is 10.1. The standard InChI is InChI=1S/C24H19N5O2S3/c1-15-6-11-21-19(14-15)22(18-4-2-3-5-20(18)27-21)28-23(32)26-16-7-9-17(10-8-16)34(30,31)29-24-25-12-13-33-24/h2-14H,1H3,(H,25,29)(H2,26,27,28,32). The zero-order valence-corrected chi connectivity index (χ0v) is 20.4. The average molecular weight is 506 g/mol. The zero-order chi connectivity index (χ0) is 23.7. The fourth-order valence-electron chi connectivity index (χ4n) is 3.58. The van der Waals surface area contributed by atoms with Crippen molar-refractivity contribution in [3.05, 3.63) is 83.9 Å². The summed E-state index contributed by atoms with van der Waals surface area (Å²) in [6, 6.07) is 20.4. The summed E-state index contributed by atoms with van der Waals surface area (Å²) in [4.78, 5) is 8.85. The lowest BCUT2D eigenvalue weighted by Gasteiger charge is -2.15. The molecule has 0 amide bonds. The number of sulfonamides is 1. The summed E-state index contributed by atoms with van der Waals surface area (Å²) in [6.45, 7) is 2.04. The van der Waals surface area contributed by atoms with E-state index in [2.05, 4.69) is 26.4 Å². The Balaban J connectivity index is 1.39. The minimum Gasteiger partial charge on any atom is -0.332 e. The van der Waals surface area contributed by atoms with E-state index in [1.54, 1.807) is 23.7 Å². The maximum atomic E-state index is 12.5. The molecule has 0 fully saturated rings. The molecule has 0 radical (unpaired) electrons. The zero-order valence-electron chi connectivity index (χ0n) is 17.9. The van der Waals surface area contributed by atoms with Crippen molar-refractivity contribution in [1.29, 1.82) is 0 Å². The SMILES string of the molecule is Cc1ccc2nc3ccccc3c(NC(=S)Nc3ccc(S(=O)(=O)Nc4nccs4)cc3)c2c1. The number of nitrogens with one attached hydrogen (secondary N) is 3. The summed E-state index contributed by atoms with van der Waals surface area (Å²) < 4.78 is 27.5. The summed E-state index contributed by atoms with van der Waals surface area (Å²) >= 11 is 6.80. The Labute approximate surface area is 205 Å². The lowest BCUT2D eigenvalue weighted by molar-refractivity contribution is 0.601. The van der Waals surface area contributed by atoms with Crippen molar-refractivity contribution >= 4 is 77.0 Å². The van der Waals surface area contributed by atoms with Crippen molar-refractivity contribution in [3.8, 4) is 0 Å². The highest BCUT2D eigenvalue weighted by Crippen LogP contribution is 2.31. The van der Waals surface area contributed by atoms with E-state index in [9.17, 15) is 8.42 Å². The monoisotopic (exact) mass is 505 g/mol. The van der Waals surface area contributed by atoms with E-state index in [-0.39, 0.29) is 4.90 Å². The largest absolute Gasteiger partial charge is 0.332 e. The number of para-hydroxylation sites is 1. The fourth-order valence-corrected chi connectivity index (χ4v) is 5.59. The smallest absolute Gasteiger partial charge is 0.263 e. The topological polar surface area (TPSA) is 96.0 Å². The molecule has 7 nitrogen and oxygen atoms in total. The predicted molar refractivity (Wildman–Crippen MR) is 143 cm³/mol. The maximum absolute atomic E-state index is 12.5. The van der Waals surface area contributed by atoms with Crippen molar-refractivity contribution < 1.29 is 8.42 Å². The van der Waals surface area contributed by atoms with Gasteiger partial charge in [0.15, 0.2) is 10.2 Å². The lowest BCUT2D eigenvalue weighted by Crippen LogP contribution is -2.20. The molecule has 0 bridgehead atoms. The normalized spacial score (nSPS) is 11.4. The number of pyridine rings is 1. The third-order valence-corrected chi connectivity index (χ3v) is 7.53. The Hall–Kier alpha value is -3.60. The highest BCUT2D eigenvalue weighted by Gasteiger charge is 2.16. The van der Waals surface area contributed by atoms with Gasteiger partial charge in [-0.2, -0.15) is 0 Å². The average Bonchev–Trinajstić information content (AvgIpc) is 3.32. The number of aryl methyl sites for hydroxylation is 1. The number of fused-ring (bicyclic) bond motifs is 2. The van der Waals surface area contributed by atoms with Gasteiger partial charge in [-0.15, -0.1) is 11.3 Å². The number of nitrogens with zero attached hydrogens (tertiary/aromatic N) is 2. The van der Waals surface area contributed by atoms with Crippen molar-refractivity contribution in [2.75, 3.05) is 15.4 Å². The molecule has 34 heavy (non-hydrogen) atoms. The van der Waals surface area contributed by atoms with Crippen LogP contribution < -0.4 is 15.4 Å². The first-order chi connectivity index (χ1) is 16.4. The molecule has 3 aromatic carbocycles. The second-order valence-electron chi connectivity index (χ2n) is 7.57. The van der Waals surface area contributed by atoms with Crippen molar-refractivity contribution in [2.24, 2.45) is 0 Å². The first-order valence-corrected chi connectivity index (χ1v) is 13.1. The van der Waals surface area contributed by atoms with Crippen molar-refractivity contribution in [2.45, 2.75) is 11.8 Å². The Morgan fingerprint density at radius 3 is 2.47 bits per heavy atom. The Kier molecular flexibility index (Phi) is 5.86. The van der Waals surface area contributed by atoms with Crippen LogP contribution in [-0.4, -0.2) is 23.5 Å². The fraction of sp³-hybridized carbons (Fsp3) is 0.0417. The number of aromatic nitrogens is 2. The van der Waals surface area contributed by atoms with E-state index in [0.717, 1.165) is 33.1 Å². The van der Waals surface area contributed by atoms with Crippen LogP contribution in [0.25, 0.3) is 21.8 Å². The van der Waals surface area contributed by atoms with Gasteiger partial charge in [0.05, 0.1) is 21.6 Å². The molecule has 5 rings (SSSR count). The maximum Gasteiger partial charge on any atom is 0.263 e. The number of thiocarbonyl (C=S) groups is 1. The van der Waals surface area contributed by atoms with Gasteiger partial charge >= 0.3 is 0 Å². The van der Waals surface area contributed by atoms with Crippen LogP contribution in [0, 0.1) is 6.92 Å². The number of thiazole rings is 1. The summed E-state index contributed by atoms with van der Waals surface area (Å²) in [6.07, 6.45) is 1.54. The molecule has 0 aliphatic heterocycles. The van der Waals surface area contributed by atoms with Crippen LogP contribution in [0.5, 0.6) is 0 Å². The number of anilines is 3. The number of hydrogen-bond acceptors (Lipinski definition) is 6. The predicted octanol–water partition coefficient (Wildman–Crippen LogP) is 5.76. The second kappa shape index (κ2) is 8.98. The number of hydrogen-bond donors (Lipinski definition) is 3. The first kappa shape index (κ1) is 22.2. The van der Waals surface area contributed by atoms with Gasteiger partial charge in [-0.1, -0.05) is 29.8 Å². The van der Waals surface area contributed by atoms with E-state index < -0.39 is 10.0 Å². The number of benzene rings is 3. The van der Waals surface area contributed by atoms with Gasteiger partial charge in [0, 0.05) is 28.0 Å². The summed E-state index contributed by atoms with van der Waals surface area (Å²) in [5.74, 6) is 0. The molecule has 10 heteroatoms. The van der Waals surface area contributed by atoms with Crippen molar-refractivity contribution in [1.82, 2.24) is 9.97 Å². The molecule has 170 valence electrons. The Morgan fingerprint density at radius 1 is 0.941 bits per heavy atom. The van der Waals surface area contributed by atoms with E-state index in [4.69, 9.17) is 17.2 Å². The van der Waals surface area contributed by atoms with Crippen LogP contribution in [0.4, 0.5) is 16.5 Å². The highest BCUT2D eigenvalue weighted by atomic mass is 32.2. The molecular formula is C24H19N5O2S3. The minimum absolute atomic E-state index is 0.133. The second-order valence-corrected chi connectivity index (χ2v) is 10.6. The van der Waals surface area contributed by atoms with Gasteiger partial charge in [0.25, 0.3) is 10.0 Å². The molecule has 0 atom stereocenters. The molecule has 2 aromatic heterocycles. The van der Waals surface area contributed by atoms with Gasteiger partial charge < -0.3 is 10.6 Å². The molecule has 2 heterocycles. The molecule has 0 aliphatic carbocycles. The number of rotatable bonds is 5. The van der Waals surface area contributed by atoms with Gasteiger partial charge in [0.1, 0.15) is 0 Å². The van der Waals surface area contributed by atoms with Crippen LogP contribution in [0.3, 0.4) is 0 Å². The summed E-state index contributed by atoms with van der Waals surface area (Å²) in [5, 5.41) is 10.8. The van der Waals surface area contributed by atoms with Crippen LogP contribution in [0.2, 0.25) is 0 Å². The third-order valence-electron chi connectivity index (χ3n) is 5.15. The Morgan fingerprint density at radius 2 is 1.71 bits per heavy atom. The first-order valence-electron chi connectivity index (χ1n) is 10.3. The molecule has 0 saturated heterocycles. The van der Waals surface area contributed by atoms with Crippen LogP contribution in [0.15, 0.2) is 83.2 Å². The van der Waals surface area contributed by atoms with Gasteiger partial charge in [-0.3, -0.25) is 4.72 Å². The molecule has 0 saturated carbocycles. The molecule has 5 aromatic rings. The quantitative estimate of drug-likeness (QED) is 0.206. The van der Waals surface area contributed by atoms with E-state index >= 15 is 0 Å².